The summed E-state index contributed by atoms with van der Waals surface area (Å²) in [5.74, 6) is 0.900. The fourth-order valence-corrected chi connectivity index (χ4v) is 2.62. The van der Waals surface area contributed by atoms with Gasteiger partial charge in [0.1, 0.15) is 17.2 Å². The van der Waals surface area contributed by atoms with Crippen molar-refractivity contribution >= 4 is 17.6 Å². The molecule has 1 saturated carbocycles. The lowest BCUT2D eigenvalue weighted by atomic mass is 9.64. The molecule has 1 fully saturated rings. The Kier molecular flexibility index (Phi) is 3.58. The molecule has 5 heteroatoms. The maximum absolute atomic E-state index is 5.44. The summed E-state index contributed by atoms with van der Waals surface area (Å²) in [5.41, 5.74) is 0.152. The van der Waals surface area contributed by atoms with Crippen LogP contribution in [0, 0.1) is 5.41 Å². The predicted octanol–water partition coefficient (Wildman–Crippen LogP) is 2.42. The molecule has 0 amide bonds. The Morgan fingerprint density at radius 2 is 2.24 bits per heavy atom. The van der Waals surface area contributed by atoms with E-state index >= 15 is 0 Å². The molecule has 4 nitrogen and oxygen atoms in total. The minimum atomic E-state index is 0.152. The summed E-state index contributed by atoms with van der Waals surface area (Å²) in [6, 6.07) is 2.40. The van der Waals surface area contributed by atoms with Crippen molar-refractivity contribution in [3.05, 3.63) is 12.4 Å². The van der Waals surface area contributed by atoms with Crippen LogP contribution in [0.5, 0.6) is 0 Å². The largest absolute Gasteiger partial charge is 0.381 e. The second kappa shape index (κ2) is 4.82. The molecule has 0 bridgehead atoms. The topological polar surface area (TPSA) is 47.0 Å². The van der Waals surface area contributed by atoms with Crippen LogP contribution in [0.15, 0.2) is 17.4 Å². The zero-order valence-electron chi connectivity index (χ0n) is 10.7. The predicted molar refractivity (Wildman–Crippen MR) is 70.4 cm³/mol. The third kappa shape index (κ3) is 2.40. The highest BCUT2D eigenvalue weighted by Gasteiger charge is 2.48. The number of hydrogen-bond donors (Lipinski definition) is 1. The van der Waals surface area contributed by atoms with Gasteiger partial charge in [-0.05, 0) is 12.7 Å². The molecule has 0 aromatic carbocycles. The number of thioether (sulfide) groups is 1. The Bertz CT molecular complexity index is 397. The number of nitrogens with zero attached hydrogens (tertiary/aromatic N) is 2. The Balaban J connectivity index is 2.02. The van der Waals surface area contributed by atoms with Gasteiger partial charge < -0.3 is 10.1 Å². The molecule has 0 saturated heterocycles. The lowest BCUT2D eigenvalue weighted by molar-refractivity contribution is -0.0795. The second-order valence-electron chi connectivity index (χ2n) is 4.92. The summed E-state index contributed by atoms with van der Waals surface area (Å²) in [7, 11) is 1.78. The monoisotopic (exact) mass is 253 g/mol. The molecule has 1 aromatic heterocycles. The minimum Gasteiger partial charge on any atom is -0.381 e. The van der Waals surface area contributed by atoms with Crippen LogP contribution in [-0.2, 0) is 4.74 Å². The molecule has 2 unspecified atom stereocenters. The first-order valence-electron chi connectivity index (χ1n) is 5.73. The highest BCUT2D eigenvalue weighted by Crippen LogP contribution is 2.43. The van der Waals surface area contributed by atoms with Crippen molar-refractivity contribution in [1.82, 2.24) is 9.97 Å². The maximum atomic E-state index is 5.44. The van der Waals surface area contributed by atoms with Crippen LogP contribution in [-0.4, -0.2) is 35.5 Å². The van der Waals surface area contributed by atoms with Crippen molar-refractivity contribution in [3.63, 3.8) is 0 Å². The SMILES string of the molecule is COC1CC(Nc2cc(SC)ncn2)C1(C)C. The van der Waals surface area contributed by atoms with Crippen LogP contribution in [0.2, 0.25) is 0 Å². The quantitative estimate of drug-likeness (QED) is 0.659. The van der Waals surface area contributed by atoms with Crippen LogP contribution in [0.25, 0.3) is 0 Å². The number of anilines is 1. The Labute approximate surface area is 107 Å². The standard InChI is InChI=1S/C12H19N3OS/c1-12(2)8(5-9(12)16-3)15-10-6-11(17-4)14-7-13-10/h6-9H,5H2,1-4H3,(H,13,14,15). The van der Waals surface area contributed by atoms with Gasteiger partial charge in [0.15, 0.2) is 0 Å². The van der Waals surface area contributed by atoms with Gasteiger partial charge in [-0.2, -0.15) is 0 Å². The molecule has 1 N–H and O–H groups in total. The second-order valence-corrected chi connectivity index (χ2v) is 5.75. The number of hydrogen-bond acceptors (Lipinski definition) is 5. The van der Waals surface area contributed by atoms with Crippen molar-refractivity contribution in [1.29, 1.82) is 0 Å². The number of methoxy groups -OCH3 is 1. The molecule has 17 heavy (non-hydrogen) atoms. The van der Waals surface area contributed by atoms with E-state index in [4.69, 9.17) is 4.74 Å². The average molecular weight is 253 g/mol. The van der Waals surface area contributed by atoms with Crippen molar-refractivity contribution in [3.8, 4) is 0 Å². The van der Waals surface area contributed by atoms with Crippen LogP contribution >= 0.6 is 11.8 Å². The van der Waals surface area contributed by atoms with Crippen LogP contribution < -0.4 is 5.32 Å². The molecular weight excluding hydrogens is 234 g/mol. The normalized spacial score (nSPS) is 26.4. The molecule has 1 heterocycles. The lowest BCUT2D eigenvalue weighted by Crippen LogP contribution is -2.57. The Morgan fingerprint density at radius 3 is 2.82 bits per heavy atom. The summed E-state index contributed by atoms with van der Waals surface area (Å²) in [5, 5.41) is 4.45. The minimum absolute atomic E-state index is 0.152. The van der Waals surface area contributed by atoms with Crippen molar-refractivity contribution < 1.29 is 4.74 Å². The lowest BCUT2D eigenvalue weighted by Gasteiger charge is -2.51. The van der Waals surface area contributed by atoms with Gasteiger partial charge in [-0.15, -0.1) is 11.8 Å². The van der Waals surface area contributed by atoms with Gasteiger partial charge >= 0.3 is 0 Å². The van der Waals surface area contributed by atoms with Crippen LogP contribution in [0.1, 0.15) is 20.3 Å². The Morgan fingerprint density at radius 1 is 1.47 bits per heavy atom. The summed E-state index contributed by atoms with van der Waals surface area (Å²) in [4.78, 5) is 8.41. The highest BCUT2D eigenvalue weighted by atomic mass is 32.2. The fourth-order valence-electron chi connectivity index (χ4n) is 2.24. The first-order chi connectivity index (χ1) is 8.07. The number of nitrogens with one attached hydrogen (secondary N) is 1. The fraction of sp³-hybridized carbons (Fsp3) is 0.667. The van der Waals surface area contributed by atoms with Gasteiger partial charge in [-0.1, -0.05) is 13.8 Å². The summed E-state index contributed by atoms with van der Waals surface area (Å²) in [6.07, 6.45) is 4.98. The first-order valence-corrected chi connectivity index (χ1v) is 6.95. The van der Waals surface area contributed by atoms with Crippen molar-refractivity contribution in [2.24, 2.45) is 5.41 Å². The summed E-state index contributed by atoms with van der Waals surface area (Å²) in [6.45, 7) is 4.44. The van der Waals surface area contributed by atoms with Crippen molar-refractivity contribution in [2.45, 2.75) is 37.4 Å². The molecule has 0 spiro atoms. The summed E-state index contributed by atoms with van der Waals surface area (Å²) >= 11 is 1.62. The molecule has 2 atom stereocenters. The molecular formula is C12H19N3OS. The van der Waals surface area contributed by atoms with E-state index in [0.29, 0.717) is 12.1 Å². The van der Waals surface area contributed by atoms with E-state index in [1.807, 2.05) is 12.3 Å². The number of aromatic nitrogens is 2. The van der Waals surface area contributed by atoms with Gasteiger partial charge in [-0.25, -0.2) is 9.97 Å². The average Bonchev–Trinajstić information content (AvgIpc) is 2.34. The zero-order chi connectivity index (χ0) is 12.5. The third-order valence-corrected chi connectivity index (χ3v) is 4.28. The van der Waals surface area contributed by atoms with Gasteiger partial charge in [0, 0.05) is 24.6 Å². The highest BCUT2D eigenvalue weighted by molar-refractivity contribution is 7.98. The molecule has 0 radical (unpaired) electrons. The maximum Gasteiger partial charge on any atom is 0.130 e. The van der Waals surface area contributed by atoms with E-state index in [2.05, 4.69) is 29.1 Å². The first kappa shape index (κ1) is 12.6. The molecule has 2 rings (SSSR count). The Hall–Kier alpha value is -0.810. The number of ether oxygens (including phenoxy) is 1. The smallest absolute Gasteiger partial charge is 0.130 e. The van der Waals surface area contributed by atoms with E-state index in [0.717, 1.165) is 17.3 Å². The van der Waals surface area contributed by atoms with E-state index in [-0.39, 0.29) is 5.41 Å². The van der Waals surface area contributed by atoms with Crippen molar-refractivity contribution in [2.75, 3.05) is 18.7 Å². The van der Waals surface area contributed by atoms with Gasteiger partial charge in [0.2, 0.25) is 0 Å². The third-order valence-electron chi connectivity index (χ3n) is 3.64. The van der Waals surface area contributed by atoms with Gasteiger partial charge in [-0.3, -0.25) is 0 Å². The molecule has 1 aliphatic carbocycles. The van der Waals surface area contributed by atoms with E-state index in [9.17, 15) is 0 Å². The van der Waals surface area contributed by atoms with Crippen LogP contribution in [0.3, 0.4) is 0 Å². The molecule has 1 aliphatic rings. The molecule has 0 aliphatic heterocycles. The number of rotatable bonds is 4. The molecule has 1 aromatic rings. The van der Waals surface area contributed by atoms with Crippen LogP contribution in [0.4, 0.5) is 5.82 Å². The van der Waals surface area contributed by atoms with E-state index in [1.54, 1.807) is 25.2 Å². The van der Waals surface area contributed by atoms with E-state index < -0.39 is 0 Å². The zero-order valence-corrected chi connectivity index (χ0v) is 11.5. The summed E-state index contributed by atoms with van der Waals surface area (Å²) < 4.78 is 5.44. The van der Waals surface area contributed by atoms with Gasteiger partial charge in [0.25, 0.3) is 0 Å². The van der Waals surface area contributed by atoms with Gasteiger partial charge in [0.05, 0.1) is 6.10 Å². The van der Waals surface area contributed by atoms with E-state index in [1.165, 1.54) is 0 Å². The molecule has 94 valence electrons.